The van der Waals surface area contributed by atoms with Crippen molar-refractivity contribution in [3.63, 3.8) is 0 Å². The zero-order valence-electron chi connectivity index (χ0n) is 40.2. The maximum Gasteiger partial charge on any atom is 0.246 e. The second kappa shape index (κ2) is 24.5. The molecule has 1 aliphatic heterocycles. The number of H-pyrrole nitrogens is 1. The van der Waals surface area contributed by atoms with Gasteiger partial charge in [0, 0.05) is 53.4 Å². The zero-order chi connectivity index (χ0) is 49.6. The van der Waals surface area contributed by atoms with Crippen LogP contribution >= 0.6 is 11.3 Å². The van der Waals surface area contributed by atoms with Crippen LogP contribution in [0.5, 0.6) is 11.5 Å². The monoisotopic (exact) mass is 979 g/mol. The molecule has 19 heteroatoms. The van der Waals surface area contributed by atoms with E-state index in [0.717, 1.165) is 54.4 Å². The minimum atomic E-state index is -0.968. The van der Waals surface area contributed by atoms with Gasteiger partial charge in [0.1, 0.15) is 25.3 Å². The molecular formula is C51H61N7O11S. The smallest absolute Gasteiger partial charge is 0.246 e. The molecule has 0 radical (unpaired) electrons. The van der Waals surface area contributed by atoms with Crippen LogP contribution in [-0.4, -0.2) is 147 Å². The molecule has 1 aliphatic rings. The molecule has 6 aromatic rings. The Bertz CT molecular complexity index is 2770. The number of aromatic amines is 1. The first-order valence-corrected chi connectivity index (χ1v) is 24.1. The Balaban J connectivity index is 0.714. The van der Waals surface area contributed by atoms with Gasteiger partial charge in [-0.3, -0.25) is 19.4 Å². The number of carbonyl (C=O) groups is 3. The Kier molecular flexibility index (Phi) is 18.1. The molecule has 3 aromatic heterocycles. The Hall–Kier alpha value is -6.24. The normalized spacial score (nSPS) is 15.4. The highest BCUT2D eigenvalue weighted by molar-refractivity contribution is 7.13. The molecule has 1 saturated heterocycles. The number of fused-ring (bicyclic) bond motifs is 5. The van der Waals surface area contributed by atoms with Gasteiger partial charge in [0.25, 0.3) is 0 Å². The maximum absolute atomic E-state index is 13.9. The number of aryl methyl sites for hydroxylation is 1. The first kappa shape index (κ1) is 51.6. The fraction of sp³-hybridized carbons (Fsp3) is 0.451. The molecule has 0 bridgehead atoms. The summed E-state index contributed by atoms with van der Waals surface area (Å²) in [6, 6.07) is 17.5. The van der Waals surface area contributed by atoms with Gasteiger partial charge in [0.05, 0.1) is 111 Å². The SMILES string of the molecule is COc1cc2c(cc1OCCOCCOCCOCCOCCOCC(=O)N[C@H](C(=O)N1C[C@H](O)C[C@H]1C(=O)NCc1ccc(-c3scnc3C)cc1)C(C)(C)C)ncc1c3ccc(C#N)cc3[nH]c21. The number of carbonyl (C=O) groups excluding carboxylic acids is 3. The predicted octanol–water partition coefficient (Wildman–Crippen LogP) is 5.45. The average Bonchev–Trinajstić information content (AvgIpc) is 4.08. The summed E-state index contributed by atoms with van der Waals surface area (Å²) in [5.74, 6) is -0.188. The molecule has 4 N–H and O–H groups in total. The van der Waals surface area contributed by atoms with E-state index in [1.54, 1.807) is 24.5 Å². The van der Waals surface area contributed by atoms with E-state index in [-0.39, 0.29) is 45.2 Å². The molecule has 0 spiro atoms. The number of β-amino-alcohol motifs (C(OH)–C–C–N with tert-alkyl or cyclic N) is 1. The molecule has 4 heterocycles. The number of nitrogens with zero attached hydrogens (tertiary/aromatic N) is 4. The standard InChI is InChI=1S/C51H61N7O11S/c1-32-47(70-31-55-32)35-9-6-33(7-10-35)27-54-49(61)42-23-36(59)29-58(42)50(62)48(51(2,3)4)57-45(60)30-68-19-18-66-15-14-64-12-13-65-16-17-67-20-21-69-44-25-40-38(24-43(44)63-5)46-39(28-53-40)37-11-8-34(26-52)22-41(37)56-46/h6-11,22,24-25,28,31,36,42,48,56,59H,12-21,23,27,29-30H2,1-5H3,(H,54,61)(H,57,60)/t36-,42+,48-/m1/s1. The maximum atomic E-state index is 13.9. The molecule has 7 rings (SSSR count). The van der Waals surface area contributed by atoms with Crippen molar-refractivity contribution in [2.75, 3.05) is 86.3 Å². The Labute approximate surface area is 410 Å². The zero-order valence-corrected chi connectivity index (χ0v) is 41.0. The molecule has 18 nitrogen and oxygen atoms in total. The minimum Gasteiger partial charge on any atom is -0.493 e. The predicted molar refractivity (Wildman–Crippen MR) is 264 cm³/mol. The number of ether oxygens (including phenoxy) is 7. The molecular weight excluding hydrogens is 919 g/mol. The molecule has 70 heavy (non-hydrogen) atoms. The highest BCUT2D eigenvalue weighted by Gasteiger charge is 2.44. The largest absolute Gasteiger partial charge is 0.493 e. The van der Waals surface area contributed by atoms with Crippen molar-refractivity contribution in [2.24, 2.45) is 5.41 Å². The number of thiazole rings is 1. The number of hydrogen-bond acceptors (Lipinski definition) is 15. The first-order chi connectivity index (χ1) is 33.8. The first-order valence-electron chi connectivity index (χ1n) is 23.2. The third-order valence-corrected chi connectivity index (χ3v) is 12.7. The van der Waals surface area contributed by atoms with E-state index >= 15 is 0 Å². The fourth-order valence-corrected chi connectivity index (χ4v) is 8.95. The van der Waals surface area contributed by atoms with E-state index in [2.05, 4.69) is 31.7 Å². The molecule has 3 aromatic carbocycles. The molecule has 3 atom stereocenters. The van der Waals surface area contributed by atoms with E-state index in [1.807, 2.05) is 87.9 Å². The number of amides is 3. The second-order valence-corrected chi connectivity index (χ2v) is 18.7. The third kappa shape index (κ3) is 13.3. The van der Waals surface area contributed by atoms with Crippen molar-refractivity contribution in [3.05, 3.63) is 83.1 Å². The number of nitriles is 1. The fourth-order valence-electron chi connectivity index (χ4n) is 8.14. The van der Waals surface area contributed by atoms with Crippen LogP contribution in [0.4, 0.5) is 0 Å². The van der Waals surface area contributed by atoms with Crippen molar-refractivity contribution in [3.8, 4) is 28.0 Å². The number of pyridine rings is 1. The van der Waals surface area contributed by atoms with Gasteiger partial charge < -0.3 is 58.8 Å². The molecule has 0 aliphatic carbocycles. The van der Waals surface area contributed by atoms with Crippen LogP contribution in [-0.2, 0) is 44.6 Å². The van der Waals surface area contributed by atoms with Gasteiger partial charge >= 0.3 is 0 Å². The summed E-state index contributed by atoms with van der Waals surface area (Å²) in [7, 11) is 1.59. The number of methoxy groups -OCH3 is 1. The van der Waals surface area contributed by atoms with Gasteiger partial charge in [-0.05, 0) is 41.7 Å². The number of aliphatic hydroxyl groups excluding tert-OH is 1. The van der Waals surface area contributed by atoms with Crippen molar-refractivity contribution < 1.29 is 52.6 Å². The minimum absolute atomic E-state index is 0.0194. The highest BCUT2D eigenvalue weighted by atomic mass is 32.1. The lowest BCUT2D eigenvalue weighted by Gasteiger charge is -2.35. The topological polar surface area (TPSA) is 229 Å². The van der Waals surface area contributed by atoms with Gasteiger partial charge in [-0.25, -0.2) is 4.98 Å². The Morgan fingerprint density at radius 3 is 2.17 bits per heavy atom. The average molecular weight is 980 g/mol. The summed E-state index contributed by atoms with van der Waals surface area (Å²) in [5, 5.41) is 28.4. The summed E-state index contributed by atoms with van der Waals surface area (Å²) < 4.78 is 39.5. The molecule has 372 valence electrons. The van der Waals surface area contributed by atoms with Gasteiger partial charge in [0.15, 0.2) is 11.5 Å². The lowest BCUT2D eigenvalue weighted by atomic mass is 9.85. The van der Waals surface area contributed by atoms with Crippen LogP contribution < -0.4 is 20.1 Å². The van der Waals surface area contributed by atoms with Crippen LogP contribution in [0.3, 0.4) is 0 Å². The lowest BCUT2D eigenvalue weighted by molar-refractivity contribution is -0.144. The van der Waals surface area contributed by atoms with Crippen molar-refractivity contribution in [2.45, 2.75) is 58.8 Å². The highest BCUT2D eigenvalue weighted by Crippen LogP contribution is 2.37. The number of likely N-dealkylation sites (tertiary alicyclic amines) is 1. The molecule has 0 saturated carbocycles. The summed E-state index contributed by atoms with van der Waals surface area (Å²) in [5.41, 5.74) is 7.10. The van der Waals surface area contributed by atoms with E-state index < -0.39 is 35.4 Å². The number of nitrogens with one attached hydrogen (secondary N) is 3. The van der Waals surface area contributed by atoms with E-state index in [4.69, 9.17) is 33.2 Å². The summed E-state index contributed by atoms with van der Waals surface area (Å²) >= 11 is 1.57. The van der Waals surface area contributed by atoms with Gasteiger partial charge in [-0.2, -0.15) is 5.26 Å². The molecule has 0 unspecified atom stereocenters. The van der Waals surface area contributed by atoms with Gasteiger partial charge in [-0.1, -0.05) is 51.1 Å². The van der Waals surface area contributed by atoms with E-state index in [9.17, 15) is 24.8 Å². The summed E-state index contributed by atoms with van der Waals surface area (Å²) in [4.78, 5) is 55.1. The molecule has 1 fully saturated rings. The van der Waals surface area contributed by atoms with Gasteiger partial charge in [-0.15, -0.1) is 11.3 Å². The van der Waals surface area contributed by atoms with E-state index in [0.29, 0.717) is 69.9 Å². The lowest BCUT2D eigenvalue weighted by Crippen LogP contribution is -2.58. The van der Waals surface area contributed by atoms with Crippen LogP contribution in [0.25, 0.3) is 43.1 Å². The summed E-state index contributed by atoms with van der Waals surface area (Å²) in [6.07, 6.45) is 1.04. The number of aliphatic hydroxyl groups is 1. The summed E-state index contributed by atoms with van der Waals surface area (Å²) in [6.45, 7) is 10.6. The van der Waals surface area contributed by atoms with Crippen LogP contribution in [0.1, 0.15) is 44.0 Å². The quantitative estimate of drug-likeness (QED) is 0.0523. The van der Waals surface area contributed by atoms with Crippen LogP contribution in [0, 0.1) is 23.7 Å². The number of benzene rings is 3. The van der Waals surface area contributed by atoms with Crippen molar-refractivity contribution in [1.82, 2.24) is 30.5 Å². The number of rotatable bonds is 25. The van der Waals surface area contributed by atoms with Crippen molar-refractivity contribution in [1.29, 1.82) is 5.26 Å². The van der Waals surface area contributed by atoms with Crippen LogP contribution in [0.15, 0.2) is 66.3 Å². The third-order valence-electron chi connectivity index (χ3n) is 11.8. The van der Waals surface area contributed by atoms with Crippen LogP contribution in [0.2, 0.25) is 0 Å². The van der Waals surface area contributed by atoms with Crippen molar-refractivity contribution >= 4 is 61.8 Å². The van der Waals surface area contributed by atoms with Gasteiger partial charge in [0.2, 0.25) is 17.7 Å². The Morgan fingerprint density at radius 1 is 0.871 bits per heavy atom. The number of aromatic nitrogens is 3. The second-order valence-electron chi connectivity index (χ2n) is 17.9. The Morgan fingerprint density at radius 2 is 1.54 bits per heavy atom. The number of hydrogen-bond donors (Lipinski definition) is 4. The van der Waals surface area contributed by atoms with E-state index in [1.165, 1.54) is 4.90 Å². The molecule has 3 amide bonds.